The van der Waals surface area contributed by atoms with Crippen LogP contribution in [0.1, 0.15) is 20.8 Å². The summed E-state index contributed by atoms with van der Waals surface area (Å²) in [6.45, 7) is 13.5. The van der Waals surface area contributed by atoms with E-state index in [0.29, 0.717) is 57.5 Å². The number of carbonyl (C=O) groups is 2. The van der Waals surface area contributed by atoms with Crippen molar-refractivity contribution in [2.75, 3.05) is 70.8 Å². The maximum Gasteiger partial charge on any atom is 0.241 e. The van der Waals surface area contributed by atoms with Crippen molar-refractivity contribution < 1.29 is 18.7 Å². The van der Waals surface area contributed by atoms with Crippen LogP contribution in [-0.4, -0.2) is 104 Å². The molecule has 0 radical (unpaired) electrons. The fraction of sp³-hybridized carbons (Fsp3) is 0.667. The standard InChI is InChI=1S/C24H38FN5O3/c1-18(2)15-29-11-12-33-22(16-29)14-26-23(31)17-28-7-9-30(10-8-28)19(3)24(32)27-21-6-4-5-20(25)13-21/h4-6,13,18-19,22H,7-12,14-17H2,1-3H3,(H,26,31)(H,27,32). The van der Waals surface area contributed by atoms with Crippen LogP contribution in [0.15, 0.2) is 24.3 Å². The first kappa shape index (κ1) is 25.6. The number of anilines is 1. The summed E-state index contributed by atoms with van der Waals surface area (Å²) >= 11 is 0. The minimum Gasteiger partial charge on any atom is -0.374 e. The molecular weight excluding hydrogens is 425 g/mol. The number of benzene rings is 1. The lowest BCUT2D eigenvalue weighted by Gasteiger charge is -2.37. The van der Waals surface area contributed by atoms with Crippen molar-refractivity contribution in [3.8, 4) is 0 Å². The van der Waals surface area contributed by atoms with E-state index >= 15 is 0 Å². The third-order valence-electron chi connectivity index (χ3n) is 6.17. The highest BCUT2D eigenvalue weighted by Gasteiger charge is 2.27. The van der Waals surface area contributed by atoms with Crippen LogP contribution in [0.2, 0.25) is 0 Å². The van der Waals surface area contributed by atoms with Gasteiger partial charge in [0.25, 0.3) is 0 Å². The van der Waals surface area contributed by atoms with Gasteiger partial charge >= 0.3 is 0 Å². The molecule has 1 aromatic rings. The highest BCUT2D eigenvalue weighted by Crippen LogP contribution is 2.13. The number of rotatable bonds is 9. The van der Waals surface area contributed by atoms with E-state index in [1.807, 2.05) is 6.92 Å². The zero-order valence-electron chi connectivity index (χ0n) is 20.1. The minimum absolute atomic E-state index is 0.00456. The normalized spacial score (nSPS) is 21.7. The lowest BCUT2D eigenvalue weighted by molar-refractivity contribution is -0.125. The SMILES string of the molecule is CC(C)CN1CCOC(CNC(=O)CN2CCN(C(C)C(=O)Nc3cccc(F)c3)CC2)C1. The summed E-state index contributed by atoms with van der Waals surface area (Å²) in [7, 11) is 0. The van der Waals surface area contributed by atoms with Gasteiger partial charge in [0.1, 0.15) is 5.82 Å². The highest BCUT2D eigenvalue weighted by molar-refractivity contribution is 5.94. The van der Waals surface area contributed by atoms with E-state index in [-0.39, 0.29) is 29.8 Å². The van der Waals surface area contributed by atoms with Gasteiger partial charge < -0.3 is 15.4 Å². The monoisotopic (exact) mass is 463 g/mol. The molecule has 33 heavy (non-hydrogen) atoms. The highest BCUT2D eigenvalue weighted by atomic mass is 19.1. The van der Waals surface area contributed by atoms with Gasteiger partial charge in [0.05, 0.1) is 25.3 Å². The smallest absolute Gasteiger partial charge is 0.241 e. The maximum atomic E-state index is 13.3. The van der Waals surface area contributed by atoms with Crippen LogP contribution in [0.5, 0.6) is 0 Å². The average molecular weight is 464 g/mol. The zero-order chi connectivity index (χ0) is 23.8. The lowest BCUT2D eigenvalue weighted by Crippen LogP contribution is -2.54. The van der Waals surface area contributed by atoms with Gasteiger partial charge in [0.15, 0.2) is 0 Å². The van der Waals surface area contributed by atoms with E-state index in [1.165, 1.54) is 12.1 Å². The number of amides is 2. The Morgan fingerprint density at radius 1 is 1.12 bits per heavy atom. The first-order valence-electron chi connectivity index (χ1n) is 11.9. The molecule has 2 saturated heterocycles. The van der Waals surface area contributed by atoms with Gasteiger partial charge in [0, 0.05) is 58.0 Å². The van der Waals surface area contributed by atoms with Crippen LogP contribution < -0.4 is 10.6 Å². The van der Waals surface area contributed by atoms with Crippen molar-refractivity contribution in [1.29, 1.82) is 0 Å². The van der Waals surface area contributed by atoms with Gasteiger partial charge in [-0.05, 0) is 31.0 Å². The van der Waals surface area contributed by atoms with Crippen LogP contribution in [0, 0.1) is 11.7 Å². The molecule has 3 rings (SSSR count). The fourth-order valence-corrected chi connectivity index (χ4v) is 4.36. The molecular formula is C24H38FN5O3. The molecule has 8 nitrogen and oxygen atoms in total. The van der Waals surface area contributed by atoms with Crippen molar-refractivity contribution in [2.24, 2.45) is 5.92 Å². The second-order valence-corrected chi connectivity index (χ2v) is 9.44. The summed E-state index contributed by atoms with van der Waals surface area (Å²) in [5, 5.41) is 5.79. The molecule has 184 valence electrons. The molecule has 0 aromatic heterocycles. The average Bonchev–Trinajstić information content (AvgIpc) is 2.77. The van der Waals surface area contributed by atoms with E-state index in [1.54, 1.807) is 12.1 Å². The summed E-state index contributed by atoms with van der Waals surface area (Å²) in [5.74, 6) is 0.0816. The Morgan fingerprint density at radius 3 is 2.58 bits per heavy atom. The van der Waals surface area contributed by atoms with Crippen LogP contribution in [-0.2, 0) is 14.3 Å². The number of morpholine rings is 1. The third kappa shape index (κ3) is 8.33. The van der Waals surface area contributed by atoms with Crippen molar-refractivity contribution in [1.82, 2.24) is 20.0 Å². The number of piperazine rings is 1. The van der Waals surface area contributed by atoms with E-state index in [4.69, 9.17) is 4.74 Å². The predicted octanol–water partition coefficient (Wildman–Crippen LogP) is 1.24. The summed E-state index contributed by atoms with van der Waals surface area (Å²) in [6, 6.07) is 5.56. The predicted molar refractivity (Wildman–Crippen MR) is 127 cm³/mol. The Hall–Kier alpha value is -2.07. The van der Waals surface area contributed by atoms with Gasteiger partial charge in [0.2, 0.25) is 11.8 Å². The molecule has 0 bridgehead atoms. The van der Waals surface area contributed by atoms with Gasteiger partial charge in [-0.3, -0.25) is 24.3 Å². The molecule has 2 fully saturated rings. The van der Waals surface area contributed by atoms with Gasteiger partial charge in [-0.15, -0.1) is 0 Å². The molecule has 2 N–H and O–H groups in total. The van der Waals surface area contributed by atoms with Crippen LogP contribution in [0.3, 0.4) is 0 Å². The van der Waals surface area contributed by atoms with Crippen molar-refractivity contribution >= 4 is 17.5 Å². The van der Waals surface area contributed by atoms with E-state index < -0.39 is 0 Å². The number of halogens is 1. The molecule has 9 heteroatoms. The first-order valence-corrected chi connectivity index (χ1v) is 11.9. The van der Waals surface area contributed by atoms with Crippen molar-refractivity contribution in [3.05, 3.63) is 30.1 Å². The van der Waals surface area contributed by atoms with Gasteiger partial charge in [-0.25, -0.2) is 4.39 Å². The Morgan fingerprint density at radius 2 is 1.88 bits per heavy atom. The van der Waals surface area contributed by atoms with Gasteiger partial charge in [-0.1, -0.05) is 19.9 Å². The van der Waals surface area contributed by atoms with E-state index in [2.05, 4.69) is 39.2 Å². The zero-order valence-corrected chi connectivity index (χ0v) is 20.1. The Balaban J connectivity index is 1.34. The summed E-state index contributed by atoms with van der Waals surface area (Å²) in [5.41, 5.74) is 0.455. The molecule has 2 aliphatic rings. The molecule has 2 aliphatic heterocycles. The fourth-order valence-electron chi connectivity index (χ4n) is 4.36. The molecule has 0 aliphatic carbocycles. The lowest BCUT2D eigenvalue weighted by atomic mass is 10.2. The van der Waals surface area contributed by atoms with Crippen LogP contribution in [0.25, 0.3) is 0 Å². The molecule has 2 atom stereocenters. The number of nitrogens with zero attached hydrogens (tertiary/aromatic N) is 3. The van der Waals surface area contributed by atoms with Crippen molar-refractivity contribution in [3.63, 3.8) is 0 Å². The third-order valence-corrected chi connectivity index (χ3v) is 6.17. The van der Waals surface area contributed by atoms with Gasteiger partial charge in [-0.2, -0.15) is 0 Å². The summed E-state index contributed by atoms with van der Waals surface area (Å²) < 4.78 is 19.1. The molecule has 2 heterocycles. The Kier molecular flexibility index (Phi) is 9.61. The quantitative estimate of drug-likeness (QED) is 0.574. The second-order valence-electron chi connectivity index (χ2n) is 9.44. The number of hydrogen-bond acceptors (Lipinski definition) is 6. The van der Waals surface area contributed by atoms with E-state index in [0.717, 1.165) is 19.6 Å². The minimum atomic E-state index is -0.379. The van der Waals surface area contributed by atoms with Crippen LogP contribution >= 0.6 is 0 Å². The molecule has 2 amide bonds. The summed E-state index contributed by atoms with van der Waals surface area (Å²) in [6.07, 6.45) is 0.0377. The number of hydrogen-bond donors (Lipinski definition) is 2. The van der Waals surface area contributed by atoms with E-state index in [9.17, 15) is 14.0 Å². The largest absolute Gasteiger partial charge is 0.374 e. The first-order chi connectivity index (χ1) is 15.8. The summed E-state index contributed by atoms with van der Waals surface area (Å²) in [4.78, 5) is 31.6. The van der Waals surface area contributed by atoms with Crippen LogP contribution in [0.4, 0.5) is 10.1 Å². The molecule has 0 saturated carbocycles. The number of carbonyl (C=O) groups excluding carboxylic acids is 2. The Bertz CT molecular complexity index is 785. The Labute approximate surface area is 196 Å². The maximum absolute atomic E-state index is 13.3. The molecule has 0 spiro atoms. The molecule has 2 unspecified atom stereocenters. The topological polar surface area (TPSA) is 77.2 Å². The van der Waals surface area contributed by atoms with Crippen molar-refractivity contribution in [2.45, 2.75) is 32.9 Å². The number of nitrogens with one attached hydrogen (secondary N) is 2. The molecule has 1 aromatic carbocycles. The number of ether oxygens (including phenoxy) is 1. The second kappa shape index (κ2) is 12.4.